The van der Waals surface area contributed by atoms with Crippen molar-refractivity contribution in [2.45, 2.75) is 6.92 Å². The predicted molar refractivity (Wildman–Crippen MR) is 95.6 cm³/mol. The molecule has 0 fully saturated rings. The predicted octanol–water partition coefficient (Wildman–Crippen LogP) is 2.40. The summed E-state index contributed by atoms with van der Waals surface area (Å²) in [7, 11) is -1.49. The molecule has 1 nitrogen and oxygen atoms in total. The van der Waals surface area contributed by atoms with Gasteiger partial charge in [-0.25, -0.2) is 4.98 Å². The minimum atomic E-state index is -1.49. The number of benzene rings is 2. The summed E-state index contributed by atoms with van der Waals surface area (Å²) in [4.78, 5) is 4.50. The monoisotopic (exact) mass is 353 g/mol. The molecule has 0 radical (unpaired) electrons. The highest BCUT2D eigenvalue weighted by atomic mass is 79.9. The number of hydrogen-bond acceptors (Lipinski definition) is 1. The summed E-state index contributed by atoms with van der Waals surface area (Å²) >= 11 is 3.65. The Morgan fingerprint density at radius 1 is 0.857 bits per heavy atom. The molecule has 0 bridgehead atoms. The molecule has 0 amide bonds. The van der Waals surface area contributed by atoms with Gasteiger partial charge in [-0.05, 0) is 33.6 Å². The molecule has 1 aromatic heterocycles. The average Bonchev–Trinajstić information content (AvgIpc) is 2.53. The van der Waals surface area contributed by atoms with Crippen LogP contribution < -0.4 is 15.6 Å². The van der Waals surface area contributed by atoms with Gasteiger partial charge in [0.2, 0.25) is 0 Å². The molecule has 0 N–H and O–H groups in total. The van der Waals surface area contributed by atoms with Crippen molar-refractivity contribution in [1.29, 1.82) is 0 Å². The van der Waals surface area contributed by atoms with Crippen LogP contribution >= 0.6 is 15.9 Å². The first kappa shape index (κ1) is 14.2. The molecule has 0 atom stereocenters. The van der Waals surface area contributed by atoms with Crippen molar-refractivity contribution in [2.24, 2.45) is 0 Å². The van der Waals surface area contributed by atoms with Crippen molar-refractivity contribution in [3.63, 3.8) is 0 Å². The molecule has 3 rings (SSSR count). The van der Waals surface area contributed by atoms with Crippen LogP contribution in [-0.2, 0) is 0 Å². The second kappa shape index (κ2) is 6.37. The highest BCUT2D eigenvalue weighted by molar-refractivity contribution is 9.10. The van der Waals surface area contributed by atoms with Gasteiger partial charge in [-0.1, -0.05) is 77.1 Å². The second-order valence-corrected chi connectivity index (χ2v) is 8.72. The molecule has 0 saturated heterocycles. The van der Waals surface area contributed by atoms with Gasteiger partial charge in [-0.2, -0.15) is 0 Å². The zero-order valence-electron chi connectivity index (χ0n) is 11.8. The van der Waals surface area contributed by atoms with Crippen LogP contribution in [0.25, 0.3) is 0 Å². The average molecular weight is 354 g/mol. The molecule has 0 spiro atoms. The van der Waals surface area contributed by atoms with E-state index in [1.54, 1.807) is 0 Å². The number of halogens is 1. The Labute approximate surface area is 135 Å². The van der Waals surface area contributed by atoms with Crippen LogP contribution in [0.5, 0.6) is 0 Å². The van der Waals surface area contributed by atoms with Crippen LogP contribution in [0, 0.1) is 6.92 Å². The van der Waals surface area contributed by atoms with Crippen molar-refractivity contribution < 1.29 is 0 Å². The Morgan fingerprint density at radius 2 is 1.38 bits per heavy atom. The fraction of sp³-hybridized carbons (Fsp3) is 0.0556. The fourth-order valence-corrected chi connectivity index (χ4v) is 6.58. The minimum absolute atomic E-state index is 0.970. The molecule has 21 heavy (non-hydrogen) atoms. The Kier molecular flexibility index (Phi) is 4.32. The standard InChI is InChI=1S/C18H16BrNSi/c1-14-12-17(18(19)20-13-14)21(15-8-4-2-5-9-15)16-10-6-3-7-11-16/h2-13,21H,1H3. The summed E-state index contributed by atoms with van der Waals surface area (Å²) in [6.45, 7) is 2.10. The van der Waals surface area contributed by atoms with Crippen molar-refractivity contribution in [1.82, 2.24) is 4.98 Å². The lowest BCUT2D eigenvalue weighted by atomic mass is 10.3. The maximum absolute atomic E-state index is 4.50. The zero-order chi connectivity index (χ0) is 14.7. The number of aromatic nitrogens is 1. The lowest BCUT2D eigenvalue weighted by molar-refractivity contribution is 1.25. The van der Waals surface area contributed by atoms with Crippen LogP contribution in [0.1, 0.15) is 5.56 Å². The Morgan fingerprint density at radius 3 is 1.90 bits per heavy atom. The SMILES string of the molecule is Cc1cnc(Br)c([SiH](c2ccccc2)c2ccccc2)c1. The van der Waals surface area contributed by atoms with Gasteiger partial charge in [0.1, 0.15) is 13.4 Å². The summed E-state index contributed by atoms with van der Waals surface area (Å²) in [6, 6.07) is 23.8. The lowest BCUT2D eigenvalue weighted by Gasteiger charge is -2.18. The van der Waals surface area contributed by atoms with Gasteiger partial charge in [0.05, 0.1) is 0 Å². The molecule has 3 heteroatoms. The zero-order valence-corrected chi connectivity index (χ0v) is 14.6. The number of rotatable bonds is 3. The molecular weight excluding hydrogens is 338 g/mol. The summed E-state index contributed by atoms with van der Waals surface area (Å²) in [5.41, 5.74) is 1.21. The molecule has 0 saturated carbocycles. The molecule has 2 aromatic carbocycles. The molecule has 0 aliphatic heterocycles. The lowest BCUT2D eigenvalue weighted by Crippen LogP contribution is -2.52. The highest BCUT2D eigenvalue weighted by Gasteiger charge is 2.21. The molecule has 0 aliphatic carbocycles. The van der Waals surface area contributed by atoms with E-state index in [9.17, 15) is 0 Å². The van der Waals surface area contributed by atoms with Gasteiger partial charge in [0.25, 0.3) is 0 Å². The smallest absolute Gasteiger partial charge is 0.136 e. The molecule has 0 aliphatic rings. The Balaban J connectivity index is 2.20. The van der Waals surface area contributed by atoms with E-state index in [0.717, 1.165) is 4.60 Å². The quantitative estimate of drug-likeness (QED) is 0.520. The van der Waals surface area contributed by atoms with Crippen molar-refractivity contribution in [3.8, 4) is 0 Å². The van der Waals surface area contributed by atoms with E-state index in [-0.39, 0.29) is 0 Å². The van der Waals surface area contributed by atoms with Gasteiger partial charge in [-0.3, -0.25) is 0 Å². The Hall–Kier alpha value is -1.71. The largest absolute Gasteiger partial charge is 0.249 e. The van der Waals surface area contributed by atoms with E-state index in [4.69, 9.17) is 0 Å². The van der Waals surface area contributed by atoms with Gasteiger partial charge >= 0.3 is 0 Å². The van der Waals surface area contributed by atoms with E-state index in [1.807, 2.05) is 6.20 Å². The Bertz CT molecular complexity index is 689. The van der Waals surface area contributed by atoms with Gasteiger partial charge in [0.15, 0.2) is 0 Å². The topological polar surface area (TPSA) is 12.9 Å². The number of hydrogen-bond donors (Lipinski definition) is 0. The van der Waals surface area contributed by atoms with E-state index in [0.29, 0.717) is 0 Å². The third kappa shape index (κ3) is 3.14. The fourth-order valence-electron chi connectivity index (χ4n) is 2.62. The summed E-state index contributed by atoms with van der Waals surface area (Å²) in [5, 5.41) is 4.17. The van der Waals surface area contributed by atoms with Crippen molar-refractivity contribution in [3.05, 3.63) is 83.1 Å². The first-order valence-electron chi connectivity index (χ1n) is 6.97. The minimum Gasteiger partial charge on any atom is -0.249 e. The third-order valence-electron chi connectivity index (χ3n) is 3.58. The maximum Gasteiger partial charge on any atom is 0.136 e. The van der Waals surface area contributed by atoms with Gasteiger partial charge in [-0.15, -0.1) is 0 Å². The highest BCUT2D eigenvalue weighted by Crippen LogP contribution is 2.06. The second-order valence-electron chi connectivity index (χ2n) is 5.15. The van der Waals surface area contributed by atoms with Crippen LogP contribution in [0.4, 0.5) is 0 Å². The molecule has 0 unspecified atom stereocenters. The molecular formula is C18H16BrNSi. The van der Waals surface area contributed by atoms with Crippen LogP contribution in [0.2, 0.25) is 0 Å². The van der Waals surface area contributed by atoms with Crippen LogP contribution in [-0.4, -0.2) is 13.8 Å². The number of nitrogens with zero attached hydrogens (tertiary/aromatic N) is 1. The molecule has 3 aromatic rings. The normalized spacial score (nSPS) is 10.8. The molecule has 1 heterocycles. The van der Waals surface area contributed by atoms with E-state index in [2.05, 4.69) is 94.6 Å². The van der Waals surface area contributed by atoms with E-state index < -0.39 is 8.80 Å². The van der Waals surface area contributed by atoms with Crippen LogP contribution in [0.15, 0.2) is 77.5 Å². The molecule has 104 valence electrons. The number of pyridine rings is 1. The van der Waals surface area contributed by atoms with Crippen LogP contribution in [0.3, 0.4) is 0 Å². The van der Waals surface area contributed by atoms with Crippen molar-refractivity contribution >= 4 is 40.3 Å². The van der Waals surface area contributed by atoms with Crippen molar-refractivity contribution in [2.75, 3.05) is 0 Å². The maximum atomic E-state index is 4.50. The van der Waals surface area contributed by atoms with Gasteiger partial charge < -0.3 is 0 Å². The summed E-state index contributed by atoms with van der Waals surface area (Å²) in [5.74, 6) is 0. The number of aryl methyl sites for hydroxylation is 1. The van der Waals surface area contributed by atoms with E-state index >= 15 is 0 Å². The third-order valence-corrected chi connectivity index (χ3v) is 7.83. The summed E-state index contributed by atoms with van der Waals surface area (Å²) < 4.78 is 0.970. The first-order chi connectivity index (χ1) is 10.3. The first-order valence-corrected chi connectivity index (χ1v) is 9.50. The summed E-state index contributed by atoms with van der Waals surface area (Å²) in [6.07, 6.45) is 1.91. The van der Waals surface area contributed by atoms with Gasteiger partial charge in [0, 0.05) is 6.20 Å². The van der Waals surface area contributed by atoms with E-state index in [1.165, 1.54) is 21.1 Å².